The van der Waals surface area contributed by atoms with Crippen LogP contribution in [0.5, 0.6) is 0 Å². The molecule has 0 unspecified atom stereocenters. The van der Waals surface area contributed by atoms with Crippen LogP contribution in [0, 0.1) is 11.3 Å². The fourth-order valence-electron chi connectivity index (χ4n) is 2.54. The van der Waals surface area contributed by atoms with Gasteiger partial charge in [-0.3, -0.25) is 4.79 Å². The SMILES string of the molecule is CC1(C)Cc2c(sc(NC(=O)c3ccc(Cl)cc3)c2C#N)CO1. The van der Waals surface area contributed by atoms with E-state index in [0.29, 0.717) is 34.2 Å². The highest BCUT2D eigenvalue weighted by atomic mass is 35.5. The van der Waals surface area contributed by atoms with Crippen molar-refractivity contribution in [3.63, 3.8) is 0 Å². The number of thiophene rings is 1. The number of nitrogens with one attached hydrogen (secondary N) is 1. The third-order valence-corrected chi connectivity index (χ3v) is 5.11. The van der Waals surface area contributed by atoms with Crippen molar-refractivity contribution < 1.29 is 9.53 Å². The summed E-state index contributed by atoms with van der Waals surface area (Å²) in [6, 6.07) is 8.87. The lowest BCUT2D eigenvalue weighted by atomic mass is 9.93. The number of carbonyl (C=O) groups excluding carboxylic acids is 1. The molecule has 0 fully saturated rings. The molecule has 0 saturated heterocycles. The van der Waals surface area contributed by atoms with Gasteiger partial charge in [-0.05, 0) is 43.7 Å². The summed E-state index contributed by atoms with van der Waals surface area (Å²) in [6.45, 7) is 4.47. The molecule has 0 aliphatic carbocycles. The number of halogens is 1. The number of carbonyl (C=O) groups is 1. The quantitative estimate of drug-likeness (QED) is 0.877. The van der Waals surface area contributed by atoms with Crippen molar-refractivity contribution >= 4 is 33.8 Å². The van der Waals surface area contributed by atoms with Crippen LogP contribution >= 0.6 is 22.9 Å². The van der Waals surface area contributed by atoms with E-state index in [2.05, 4.69) is 11.4 Å². The van der Waals surface area contributed by atoms with Crippen molar-refractivity contribution in [1.29, 1.82) is 5.26 Å². The predicted octanol–water partition coefficient (Wildman–Crippen LogP) is 4.38. The van der Waals surface area contributed by atoms with Gasteiger partial charge >= 0.3 is 0 Å². The average Bonchev–Trinajstić information content (AvgIpc) is 2.83. The van der Waals surface area contributed by atoms with Gasteiger partial charge < -0.3 is 10.1 Å². The molecule has 0 atom stereocenters. The van der Waals surface area contributed by atoms with Crippen molar-refractivity contribution in [3.05, 3.63) is 50.9 Å². The minimum Gasteiger partial charge on any atom is -0.370 e. The Labute approximate surface area is 143 Å². The Kier molecular flexibility index (Phi) is 4.15. The maximum absolute atomic E-state index is 12.3. The van der Waals surface area contributed by atoms with E-state index in [1.54, 1.807) is 24.3 Å². The molecular formula is C17H15ClN2O2S. The second-order valence-electron chi connectivity index (χ2n) is 6.01. The lowest BCUT2D eigenvalue weighted by molar-refractivity contribution is -0.0383. The smallest absolute Gasteiger partial charge is 0.256 e. The number of amides is 1. The van der Waals surface area contributed by atoms with Gasteiger partial charge in [-0.15, -0.1) is 11.3 Å². The third kappa shape index (κ3) is 3.25. The van der Waals surface area contributed by atoms with Crippen molar-refractivity contribution in [1.82, 2.24) is 0 Å². The van der Waals surface area contributed by atoms with E-state index in [-0.39, 0.29) is 11.5 Å². The highest BCUT2D eigenvalue weighted by molar-refractivity contribution is 7.16. The molecule has 0 radical (unpaired) electrons. The molecule has 1 aromatic carbocycles. The van der Waals surface area contributed by atoms with Gasteiger partial charge in [-0.1, -0.05) is 11.6 Å². The van der Waals surface area contributed by atoms with Gasteiger partial charge in [-0.2, -0.15) is 5.26 Å². The Balaban J connectivity index is 1.89. The first-order valence-corrected chi connectivity index (χ1v) is 8.34. The summed E-state index contributed by atoms with van der Waals surface area (Å²) >= 11 is 7.24. The largest absolute Gasteiger partial charge is 0.370 e. The zero-order valence-electron chi connectivity index (χ0n) is 12.8. The van der Waals surface area contributed by atoms with Gasteiger partial charge in [0.2, 0.25) is 0 Å². The standard InChI is InChI=1S/C17H15ClN2O2S/c1-17(2)7-12-13(8-19)16(23-14(12)9-22-17)20-15(21)10-3-5-11(18)6-4-10/h3-6H,7,9H2,1-2H3,(H,20,21). The molecule has 1 N–H and O–H groups in total. The second kappa shape index (κ2) is 5.97. The molecule has 1 aliphatic rings. The fraction of sp³-hybridized carbons (Fsp3) is 0.294. The zero-order valence-corrected chi connectivity index (χ0v) is 14.3. The molecule has 3 rings (SSSR count). The topological polar surface area (TPSA) is 62.1 Å². The molecular weight excluding hydrogens is 332 g/mol. The van der Waals surface area contributed by atoms with Crippen LogP contribution in [0.1, 0.15) is 40.2 Å². The monoisotopic (exact) mass is 346 g/mol. The number of hydrogen-bond donors (Lipinski definition) is 1. The molecule has 0 spiro atoms. The number of anilines is 1. The first-order valence-electron chi connectivity index (χ1n) is 7.15. The molecule has 6 heteroatoms. The van der Waals surface area contributed by atoms with E-state index in [1.165, 1.54) is 11.3 Å². The van der Waals surface area contributed by atoms with Crippen molar-refractivity contribution in [2.24, 2.45) is 0 Å². The number of benzene rings is 1. The molecule has 118 valence electrons. The Morgan fingerprint density at radius 1 is 1.39 bits per heavy atom. The summed E-state index contributed by atoms with van der Waals surface area (Å²) in [4.78, 5) is 13.4. The highest BCUT2D eigenvalue weighted by Crippen LogP contribution is 2.40. The normalized spacial score (nSPS) is 15.6. The summed E-state index contributed by atoms with van der Waals surface area (Å²) in [7, 11) is 0. The van der Waals surface area contributed by atoms with Crippen molar-refractivity contribution in [2.75, 3.05) is 5.32 Å². The van der Waals surface area contributed by atoms with Gasteiger partial charge in [0.25, 0.3) is 5.91 Å². The fourth-order valence-corrected chi connectivity index (χ4v) is 3.74. The Hall–Kier alpha value is -1.87. The number of rotatable bonds is 2. The summed E-state index contributed by atoms with van der Waals surface area (Å²) in [5, 5.41) is 13.5. The third-order valence-electron chi connectivity index (χ3n) is 3.73. The van der Waals surface area contributed by atoms with Crippen LogP contribution in [0.3, 0.4) is 0 Å². The minimum absolute atomic E-state index is 0.253. The zero-order chi connectivity index (χ0) is 16.6. The molecule has 2 heterocycles. The lowest BCUT2D eigenvalue weighted by Crippen LogP contribution is -2.31. The van der Waals surface area contributed by atoms with Gasteiger partial charge in [0.15, 0.2) is 0 Å². The minimum atomic E-state index is -0.295. The van der Waals surface area contributed by atoms with E-state index >= 15 is 0 Å². The number of nitrogens with zero attached hydrogens (tertiary/aromatic N) is 1. The molecule has 1 amide bonds. The maximum atomic E-state index is 12.3. The van der Waals surface area contributed by atoms with E-state index < -0.39 is 0 Å². The number of nitriles is 1. The molecule has 0 bridgehead atoms. The number of fused-ring (bicyclic) bond motifs is 1. The van der Waals surface area contributed by atoms with Gasteiger partial charge in [-0.25, -0.2) is 0 Å². The van der Waals surface area contributed by atoms with Crippen molar-refractivity contribution in [3.8, 4) is 6.07 Å². The second-order valence-corrected chi connectivity index (χ2v) is 7.55. The van der Waals surface area contributed by atoms with Crippen LogP contribution in [-0.4, -0.2) is 11.5 Å². The summed E-state index contributed by atoms with van der Waals surface area (Å²) < 4.78 is 5.78. The van der Waals surface area contributed by atoms with Crippen LogP contribution < -0.4 is 5.32 Å². The Morgan fingerprint density at radius 3 is 2.74 bits per heavy atom. The van der Waals surface area contributed by atoms with Crippen LogP contribution in [-0.2, 0) is 17.8 Å². The van der Waals surface area contributed by atoms with Crippen LogP contribution in [0.25, 0.3) is 0 Å². The van der Waals surface area contributed by atoms with E-state index in [0.717, 1.165) is 10.4 Å². The maximum Gasteiger partial charge on any atom is 0.256 e. The summed E-state index contributed by atoms with van der Waals surface area (Å²) in [5.41, 5.74) is 1.74. The van der Waals surface area contributed by atoms with Gasteiger partial charge in [0.1, 0.15) is 11.1 Å². The molecule has 0 saturated carbocycles. The van der Waals surface area contributed by atoms with E-state index in [4.69, 9.17) is 16.3 Å². The Morgan fingerprint density at radius 2 is 2.09 bits per heavy atom. The van der Waals surface area contributed by atoms with E-state index in [1.807, 2.05) is 13.8 Å². The van der Waals surface area contributed by atoms with Crippen molar-refractivity contribution in [2.45, 2.75) is 32.5 Å². The first kappa shape index (κ1) is 16.0. The van der Waals surface area contributed by atoms with Gasteiger partial charge in [0.05, 0.1) is 17.8 Å². The Bertz CT molecular complexity index is 803. The highest BCUT2D eigenvalue weighted by Gasteiger charge is 2.31. The molecule has 4 nitrogen and oxygen atoms in total. The average molecular weight is 347 g/mol. The molecule has 1 aliphatic heterocycles. The number of hydrogen-bond acceptors (Lipinski definition) is 4. The summed E-state index contributed by atoms with van der Waals surface area (Å²) in [6.07, 6.45) is 0.665. The van der Waals surface area contributed by atoms with Crippen LogP contribution in [0.4, 0.5) is 5.00 Å². The lowest BCUT2D eigenvalue weighted by Gasteiger charge is -2.29. The van der Waals surface area contributed by atoms with Crippen LogP contribution in [0.15, 0.2) is 24.3 Å². The molecule has 2 aromatic rings. The van der Waals surface area contributed by atoms with E-state index in [9.17, 15) is 10.1 Å². The first-order chi connectivity index (χ1) is 10.9. The van der Waals surface area contributed by atoms with Gasteiger partial charge in [0, 0.05) is 21.9 Å². The summed E-state index contributed by atoms with van der Waals surface area (Å²) in [5.74, 6) is -0.253. The number of ether oxygens (including phenoxy) is 1. The molecule has 23 heavy (non-hydrogen) atoms. The van der Waals surface area contributed by atoms with Crippen LogP contribution in [0.2, 0.25) is 5.02 Å². The predicted molar refractivity (Wildman–Crippen MR) is 91.0 cm³/mol. The molecule has 1 aromatic heterocycles.